The first-order valence-corrected chi connectivity index (χ1v) is 40.1. The van der Waals surface area contributed by atoms with Gasteiger partial charge in [-0.15, -0.1) is 0 Å². The van der Waals surface area contributed by atoms with Gasteiger partial charge in [-0.2, -0.15) is 0 Å². The van der Waals surface area contributed by atoms with E-state index in [2.05, 4.69) is 424 Å². The van der Waals surface area contributed by atoms with Crippen molar-refractivity contribution in [1.82, 2.24) is 0 Å². The van der Waals surface area contributed by atoms with Crippen molar-refractivity contribution in [3.63, 3.8) is 0 Å². The molecule has 0 N–H and O–H groups in total. The second kappa shape index (κ2) is 43.6. The largest absolute Gasteiger partial charge is 0.454 e. The van der Waals surface area contributed by atoms with Crippen LogP contribution in [-0.4, -0.2) is 44.9 Å². The van der Waals surface area contributed by atoms with E-state index in [4.69, 9.17) is 18.6 Å². The summed E-state index contributed by atoms with van der Waals surface area (Å²) in [4.78, 5) is 0. The van der Waals surface area contributed by atoms with Crippen LogP contribution in [0.2, 0.25) is 6.22 Å². The van der Waals surface area contributed by atoms with Crippen LogP contribution in [0.3, 0.4) is 0 Å². The van der Waals surface area contributed by atoms with Crippen molar-refractivity contribution >= 4 is 141 Å². The molecular weight excluding hydrogens is 1500 g/mol. The van der Waals surface area contributed by atoms with Crippen molar-refractivity contribution in [3.8, 4) is 0 Å². The molecule has 14 rings (SSSR count). The quantitative estimate of drug-likeness (QED) is 0.0618. The zero-order valence-corrected chi connectivity index (χ0v) is 63.8. The summed E-state index contributed by atoms with van der Waals surface area (Å²) in [6.45, 7) is 11.5. The molecule has 0 saturated carbocycles. The van der Waals surface area contributed by atoms with E-state index in [1.165, 1.54) is 63.7 Å². The summed E-state index contributed by atoms with van der Waals surface area (Å²) in [7, 11) is -2.16. The summed E-state index contributed by atoms with van der Waals surface area (Å²) in [6, 6.07) is 129. The maximum absolute atomic E-state index is 5.67. The van der Waals surface area contributed by atoms with Gasteiger partial charge < -0.3 is 18.6 Å². The standard InChI is InChI=1S/4C18H15P.C11H22B2O4.CH2Br2.CH4.Pd/c4*1-4-10-16(11-5-1)19(17-12-6-2-7-13-17)18-14-8-3-9-15-18;1-10(2)5-14-12(15-6-10)9-13-16-7-11(3,4)8-17-13;2-1-3;;/h4*1-15H;5-9H2,1-4H3;1H2;1H4;. The SMILES string of the molecule is BrCBr.C.CC1(C)COB(CB2OCC(C)(C)CO2)OC1.[Pd].c1ccc(P(c2ccccc2)c2ccccc2)cc1.c1ccc(P(c2ccccc2)c2ccccc2)cc1.c1ccc(P(c2ccccc2)c2ccccc2)cc1.c1ccc(P(c2ccccc2)c2ccccc2)cc1. The fourth-order valence-electron chi connectivity index (χ4n) is 10.6. The van der Waals surface area contributed by atoms with Gasteiger partial charge in [0.2, 0.25) is 0 Å². The Morgan fingerprint density at radius 3 is 0.449 bits per heavy atom. The van der Waals surface area contributed by atoms with Crippen LogP contribution in [0.5, 0.6) is 0 Å². The van der Waals surface area contributed by atoms with Crippen LogP contribution < -0.4 is 63.7 Å². The average molecular weight is 1590 g/mol. The van der Waals surface area contributed by atoms with E-state index in [-0.39, 0.29) is 52.9 Å². The molecule has 4 nitrogen and oxygen atoms in total. The molecule has 2 aliphatic heterocycles. The number of alkyl halides is 2. The van der Waals surface area contributed by atoms with Crippen molar-refractivity contribution in [2.75, 3.05) is 30.7 Å². The van der Waals surface area contributed by atoms with Crippen LogP contribution in [0.25, 0.3) is 0 Å². The van der Waals surface area contributed by atoms with Gasteiger partial charge in [-0.1, -0.05) is 431 Å². The summed E-state index contributed by atoms with van der Waals surface area (Å²) >= 11 is 6.12. The van der Waals surface area contributed by atoms with Gasteiger partial charge in [0.1, 0.15) is 0 Å². The fourth-order valence-corrected chi connectivity index (χ4v) is 19.8. The van der Waals surface area contributed by atoms with Crippen LogP contribution in [0.15, 0.2) is 364 Å². The van der Waals surface area contributed by atoms with Gasteiger partial charge in [0.15, 0.2) is 0 Å². The summed E-state index contributed by atoms with van der Waals surface area (Å²) < 4.78 is 23.5. The first-order valence-electron chi connectivity index (χ1n) is 32.5. The molecule has 2 fully saturated rings. The Bertz CT molecular complexity index is 3100. The van der Waals surface area contributed by atoms with Gasteiger partial charge in [-0.3, -0.25) is 0 Å². The Labute approximate surface area is 622 Å². The monoisotopic (exact) mass is 1580 g/mol. The molecule has 13 heteroatoms. The summed E-state index contributed by atoms with van der Waals surface area (Å²) in [5.74, 6) is 0. The fraction of sp³-hybridized carbons (Fsp3) is 0.153. The van der Waals surface area contributed by atoms with E-state index in [1.54, 1.807) is 0 Å². The number of halogens is 2. The molecule has 98 heavy (non-hydrogen) atoms. The smallest absolute Gasteiger partial charge is 0.411 e. The summed E-state index contributed by atoms with van der Waals surface area (Å²) in [6.07, 6.45) is 0.659. The third-order valence-corrected chi connectivity index (χ3v) is 25.0. The number of hydrogen-bond donors (Lipinski definition) is 0. The molecule has 12 aromatic carbocycles. The van der Waals surface area contributed by atoms with Crippen molar-refractivity contribution in [1.29, 1.82) is 0 Å². The minimum absolute atomic E-state index is 0. The Morgan fingerprint density at radius 1 is 0.245 bits per heavy atom. The summed E-state index contributed by atoms with van der Waals surface area (Å²) in [5, 5.41) is 16.8. The zero-order valence-electron chi connectivity index (χ0n) is 55.5. The van der Waals surface area contributed by atoms with E-state index in [0.29, 0.717) is 6.22 Å². The maximum atomic E-state index is 5.67. The molecule has 0 spiro atoms. The van der Waals surface area contributed by atoms with Crippen LogP contribution in [0.4, 0.5) is 0 Å². The van der Waals surface area contributed by atoms with Crippen molar-refractivity contribution < 1.29 is 39.0 Å². The third kappa shape index (κ3) is 25.8. The van der Waals surface area contributed by atoms with Gasteiger partial charge in [0.25, 0.3) is 0 Å². The number of benzene rings is 12. The minimum atomic E-state index is -0.446. The molecule has 0 atom stereocenters. The van der Waals surface area contributed by atoms with Crippen molar-refractivity contribution in [3.05, 3.63) is 364 Å². The van der Waals surface area contributed by atoms with Gasteiger partial charge in [0, 0.05) is 63.9 Å². The zero-order chi connectivity index (χ0) is 66.9. The van der Waals surface area contributed by atoms with E-state index in [1.807, 2.05) is 0 Å². The van der Waals surface area contributed by atoms with Gasteiger partial charge in [0.05, 0.1) is 4.24 Å². The molecule has 0 amide bonds. The van der Waals surface area contributed by atoms with E-state index < -0.39 is 31.7 Å². The van der Waals surface area contributed by atoms with Crippen LogP contribution >= 0.6 is 63.5 Å². The average Bonchev–Trinajstić information content (AvgIpc) is 0.877. The second-order valence-electron chi connectivity index (χ2n) is 24.1. The van der Waals surface area contributed by atoms with Crippen LogP contribution in [0.1, 0.15) is 35.1 Å². The molecule has 2 heterocycles. The van der Waals surface area contributed by atoms with Gasteiger partial charge in [-0.05, 0) is 95.3 Å². The predicted octanol–water partition coefficient (Wildman–Crippen LogP) is 17.8. The second-order valence-corrected chi connectivity index (χ2v) is 35.6. The Balaban J connectivity index is 0.000000170. The first kappa shape index (κ1) is 79.3. The Morgan fingerprint density at radius 2 is 0.347 bits per heavy atom. The molecule has 2 aliphatic rings. The molecule has 0 aromatic heterocycles. The molecule has 0 unspecified atom stereocenters. The Kier molecular flexibility index (Phi) is 35.3. The molecule has 0 bridgehead atoms. The number of hydrogen-bond acceptors (Lipinski definition) is 4. The summed E-state index contributed by atoms with van der Waals surface area (Å²) in [5.41, 5.74) is 0.236. The molecular formula is C85H88B2Br2O4P4Pd. The van der Waals surface area contributed by atoms with Gasteiger partial charge >= 0.3 is 14.2 Å². The topological polar surface area (TPSA) is 36.9 Å². The normalized spacial score (nSPS) is 13.3. The van der Waals surface area contributed by atoms with Crippen LogP contribution in [-0.2, 0) is 39.0 Å². The predicted molar refractivity (Wildman–Crippen MR) is 438 cm³/mol. The molecule has 2 saturated heterocycles. The molecule has 12 aromatic rings. The first-order chi connectivity index (χ1) is 47.1. The number of rotatable bonds is 14. The van der Waals surface area contributed by atoms with Crippen LogP contribution in [0, 0.1) is 10.8 Å². The van der Waals surface area contributed by atoms with Crippen molar-refractivity contribution in [2.45, 2.75) is 41.3 Å². The van der Waals surface area contributed by atoms with E-state index in [9.17, 15) is 0 Å². The molecule has 0 aliphatic carbocycles. The third-order valence-electron chi connectivity index (χ3n) is 15.2. The van der Waals surface area contributed by atoms with Crippen molar-refractivity contribution in [2.24, 2.45) is 10.8 Å². The van der Waals surface area contributed by atoms with Gasteiger partial charge in [-0.25, -0.2) is 0 Å². The Hall–Kier alpha value is -6.05. The maximum Gasteiger partial charge on any atom is 0.454 e. The molecule has 502 valence electrons. The molecule has 0 radical (unpaired) electrons. The van der Waals surface area contributed by atoms with E-state index >= 15 is 0 Å². The van der Waals surface area contributed by atoms with E-state index in [0.717, 1.165) is 30.7 Å². The minimum Gasteiger partial charge on any atom is -0.411 e.